The number of halogens is 1. The molecule has 0 aliphatic heterocycles. The molecule has 2 heteroatoms. The molecule has 3 aromatic rings. The lowest BCUT2D eigenvalue weighted by Gasteiger charge is -2.08. The molecule has 21 heavy (non-hydrogen) atoms. The third-order valence-corrected chi connectivity index (χ3v) is 3.71. The van der Waals surface area contributed by atoms with E-state index >= 15 is 0 Å². The summed E-state index contributed by atoms with van der Waals surface area (Å²) in [4.78, 5) is 0. The monoisotopic (exact) mass is 278 g/mol. The fourth-order valence-corrected chi connectivity index (χ4v) is 2.65. The summed E-state index contributed by atoms with van der Waals surface area (Å²) in [6, 6.07) is 19.1. The molecule has 0 atom stereocenters. The van der Waals surface area contributed by atoms with Gasteiger partial charge in [0.15, 0.2) is 6.20 Å². The fraction of sp³-hybridized carbons (Fsp3) is 0.105. The lowest BCUT2D eigenvalue weighted by Crippen LogP contribution is -2.31. The summed E-state index contributed by atoms with van der Waals surface area (Å²) in [5.74, 6) is -0.198. The molecule has 0 N–H and O–H groups in total. The maximum atomic E-state index is 14.1. The summed E-state index contributed by atoms with van der Waals surface area (Å²) in [5.41, 5.74) is 4.94. The van der Waals surface area contributed by atoms with E-state index in [2.05, 4.69) is 25.1 Å². The smallest absolute Gasteiger partial charge is 0.206 e. The molecule has 0 amide bonds. The number of pyridine rings is 1. The molecule has 0 aliphatic carbocycles. The van der Waals surface area contributed by atoms with Crippen LogP contribution in [0.2, 0.25) is 0 Å². The van der Waals surface area contributed by atoms with E-state index in [0.29, 0.717) is 5.56 Å². The third-order valence-electron chi connectivity index (χ3n) is 3.71. The highest BCUT2D eigenvalue weighted by Crippen LogP contribution is 2.27. The summed E-state index contributed by atoms with van der Waals surface area (Å²) >= 11 is 0. The van der Waals surface area contributed by atoms with Crippen molar-refractivity contribution >= 4 is 0 Å². The van der Waals surface area contributed by atoms with Crippen molar-refractivity contribution in [2.75, 3.05) is 0 Å². The molecule has 0 saturated carbocycles. The van der Waals surface area contributed by atoms with Crippen LogP contribution < -0.4 is 4.57 Å². The van der Waals surface area contributed by atoms with E-state index in [-0.39, 0.29) is 5.82 Å². The first-order valence-electron chi connectivity index (χ1n) is 6.97. The van der Waals surface area contributed by atoms with Gasteiger partial charge in [0.05, 0.1) is 5.56 Å². The lowest BCUT2D eigenvalue weighted by atomic mass is 9.99. The van der Waals surface area contributed by atoms with E-state index in [1.807, 2.05) is 48.1 Å². The second-order valence-corrected chi connectivity index (χ2v) is 5.21. The van der Waals surface area contributed by atoms with Crippen molar-refractivity contribution in [1.29, 1.82) is 0 Å². The highest BCUT2D eigenvalue weighted by Gasteiger charge is 2.17. The Labute approximate surface area is 124 Å². The fourth-order valence-electron chi connectivity index (χ4n) is 2.65. The average molecular weight is 278 g/mol. The van der Waals surface area contributed by atoms with Gasteiger partial charge >= 0.3 is 0 Å². The Morgan fingerprint density at radius 2 is 1.52 bits per heavy atom. The minimum Gasteiger partial charge on any atom is -0.206 e. The van der Waals surface area contributed by atoms with Crippen LogP contribution in [0.3, 0.4) is 0 Å². The number of aromatic nitrogens is 1. The molecule has 0 saturated heterocycles. The van der Waals surface area contributed by atoms with Gasteiger partial charge in [-0.3, -0.25) is 0 Å². The van der Waals surface area contributed by atoms with E-state index in [9.17, 15) is 4.39 Å². The maximum absolute atomic E-state index is 14.1. The molecule has 0 bridgehead atoms. The van der Waals surface area contributed by atoms with E-state index in [4.69, 9.17) is 0 Å². The molecule has 0 spiro atoms. The van der Waals surface area contributed by atoms with E-state index in [1.54, 1.807) is 6.07 Å². The van der Waals surface area contributed by atoms with E-state index in [1.165, 1.54) is 11.6 Å². The first-order valence-corrected chi connectivity index (χ1v) is 6.97. The van der Waals surface area contributed by atoms with Crippen molar-refractivity contribution in [2.45, 2.75) is 6.92 Å². The second-order valence-electron chi connectivity index (χ2n) is 5.21. The Kier molecular flexibility index (Phi) is 3.53. The van der Waals surface area contributed by atoms with Gasteiger partial charge < -0.3 is 0 Å². The van der Waals surface area contributed by atoms with Gasteiger partial charge in [-0.25, -0.2) is 8.96 Å². The Morgan fingerprint density at radius 1 is 0.857 bits per heavy atom. The summed E-state index contributed by atoms with van der Waals surface area (Å²) in [6.07, 6.45) is 2.05. The van der Waals surface area contributed by atoms with Crippen LogP contribution in [0.5, 0.6) is 0 Å². The molecule has 1 nitrogen and oxygen atoms in total. The SMILES string of the molecule is Cc1c[n+](C)c(-c2ccccc2F)cc1-c1ccccc1. The van der Waals surface area contributed by atoms with Gasteiger partial charge in [-0.05, 0) is 30.2 Å². The molecule has 0 unspecified atom stereocenters. The van der Waals surface area contributed by atoms with E-state index in [0.717, 1.165) is 16.8 Å². The van der Waals surface area contributed by atoms with Crippen LogP contribution in [0.15, 0.2) is 66.9 Å². The molecule has 2 aromatic carbocycles. The van der Waals surface area contributed by atoms with Crippen LogP contribution in [0, 0.1) is 12.7 Å². The van der Waals surface area contributed by atoms with Crippen molar-refractivity contribution in [2.24, 2.45) is 7.05 Å². The Bertz CT molecular complexity index is 779. The minimum absolute atomic E-state index is 0.198. The number of benzene rings is 2. The number of aryl methyl sites for hydroxylation is 2. The van der Waals surface area contributed by atoms with E-state index < -0.39 is 0 Å². The molecule has 1 heterocycles. The van der Waals surface area contributed by atoms with Crippen molar-refractivity contribution in [3.8, 4) is 22.4 Å². The molecule has 0 radical (unpaired) electrons. The quantitative estimate of drug-likeness (QED) is 0.616. The summed E-state index contributed by atoms with van der Waals surface area (Å²) in [5, 5.41) is 0. The van der Waals surface area contributed by atoms with Gasteiger partial charge in [0.2, 0.25) is 5.69 Å². The highest BCUT2D eigenvalue weighted by molar-refractivity contribution is 5.71. The topological polar surface area (TPSA) is 3.88 Å². The summed E-state index contributed by atoms with van der Waals surface area (Å²) < 4.78 is 16.0. The minimum atomic E-state index is -0.198. The van der Waals surface area contributed by atoms with Gasteiger partial charge in [0, 0.05) is 11.6 Å². The Balaban J connectivity index is 2.22. The van der Waals surface area contributed by atoms with Crippen molar-refractivity contribution < 1.29 is 8.96 Å². The van der Waals surface area contributed by atoms with Crippen LogP contribution in [0.4, 0.5) is 4.39 Å². The number of hydrogen-bond acceptors (Lipinski definition) is 0. The van der Waals surface area contributed by atoms with Crippen LogP contribution in [0.1, 0.15) is 5.56 Å². The first-order chi connectivity index (χ1) is 10.2. The molecule has 1 aromatic heterocycles. The van der Waals surface area contributed by atoms with Gasteiger partial charge in [-0.2, -0.15) is 0 Å². The van der Waals surface area contributed by atoms with Crippen LogP contribution in [-0.4, -0.2) is 0 Å². The van der Waals surface area contributed by atoms with Crippen LogP contribution in [-0.2, 0) is 7.05 Å². The third kappa shape index (κ3) is 2.57. The average Bonchev–Trinajstić information content (AvgIpc) is 2.49. The predicted molar refractivity (Wildman–Crippen MR) is 83.2 cm³/mol. The van der Waals surface area contributed by atoms with Gasteiger partial charge in [0.25, 0.3) is 0 Å². The highest BCUT2D eigenvalue weighted by atomic mass is 19.1. The van der Waals surface area contributed by atoms with Gasteiger partial charge in [-0.15, -0.1) is 0 Å². The summed E-state index contributed by atoms with van der Waals surface area (Å²) in [6.45, 7) is 2.08. The van der Waals surface area contributed by atoms with Crippen molar-refractivity contribution in [3.05, 3.63) is 78.2 Å². The zero-order valence-corrected chi connectivity index (χ0v) is 12.2. The van der Waals surface area contributed by atoms with Gasteiger partial charge in [0.1, 0.15) is 12.9 Å². The van der Waals surface area contributed by atoms with Crippen LogP contribution >= 0.6 is 0 Å². The Morgan fingerprint density at radius 3 is 2.24 bits per heavy atom. The molecular formula is C19H17FN+. The zero-order chi connectivity index (χ0) is 14.8. The maximum Gasteiger partial charge on any atom is 0.215 e. The standard InChI is InChI=1S/C19H17FN/c1-14-13-21(2)19(16-10-6-7-11-18(16)20)12-17(14)15-8-4-3-5-9-15/h3-13H,1-2H3/q+1. The lowest BCUT2D eigenvalue weighted by molar-refractivity contribution is -0.660. The Hall–Kier alpha value is -2.48. The number of hydrogen-bond donors (Lipinski definition) is 0. The molecule has 0 fully saturated rings. The van der Waals surface area contributed by atoms with Crippen LogP contribution in [0.25, 0.3) is 22.4 Å². The molecule has 104 valence electrons. The first kappa shape index (κ1) is 13.5. The summed E-state index contributed by atoms with van der Waals surface area (Å²) in [7, 11) is 1.95. The molecule has 0 aliphatic rings. The molecular weight excluding hydrogens is 261 g/mol. The molecule has 3 rings (SSSR count). The largest absolute Gasteiger partial charge is 0.215 e. The van der Waals surface area contributed by atoms with Crippen molar-refractivity contribution in [3.63, 3.8) is 0 Å². The number of nitrogens with zero attached hydrogens (tertiary/aromatic N) is 1. The normalized spacial score (nSPS) is 10.6. The predicted octanol–water partition coefficient (Wildman–Crippen LogP) is 4.29. The second kappa shape index (κ2) is 5.49. The zero-order valence-electron chi connectivity index (χ0n) is 12.2. The number of rotatable bonds is 2. The van der Waals surface area contributed by atoms with Gasteiger partial charge in [-0.1, -0.05) is 42.5 Å². The van der Waals surface area contributed by atoms with Crippen molar-refractivity contribution in [1.82, 2.24) is 0 Å².